The van der Waals surface area contributed by atoms with Gasteiger partial charge in [-0.2, -0.15) is 4.31 Å². The predicted molar refractivity (Wildman–Crippen MR) is 207 cm³/mol. The Kier molecular flexibility index (Phi) is 11.2. The highest BCUT2D eigenvalue weighted by Gasteiger charge is 2.54. The van der Waals surface area contributed by atoms with E-state index in [0.29, 0.717) is 95.1 Å². The normalized spacial score (nSPS) is 30.9. The first-order valence-corrected chi connectivity index (χ1v) is 22.9. The third-order valence-electron chi connectivity index (χ3n) is 12.9. The van der Waals surface area contributed by atoms with Gasteiger partial charge >= 0.3 is 0 Å². The number of halogens is 2. The van der Waals surface area contributed by atoms with Crippen molar-refractivity contribution >= 4 is 43.2 Å². The van der Waals surface area contributed by atoms with Crippen molar-refractivity contribution < 1.29 is 35.5 Å². The van der Waals surface area contributed by atoms with Gasteiger partial charge in [-0.3, -0.25) is 9.69 Å². The number of sulfonamides is 2. The van der Waals surface area contributed by atoms with Gasteiger partial charge in [-0.1, -0.05) is 30.7 Å². The molecule has 0 aromatic heterocycles. The van der Waals surface area contributed by atoms with Crippen molar-refractivity contribution in [2.24, 2.45) is 23.7 Å². The van der Waals surface area contributed by atoms with Gasteiger partial charge in [-0.05, 0) is 110 Å². The molecule has 2 aromatic carbocycles. The van der Waals surface area contributed by atoms with Crippen molar-refractivity contribution in [2.75, 3.05) is 64.1 Å². The molecule has 6 atom stereocenters. The van der Waals surface area contributed by atoms with Crippen LogP contribution in [0.2, 0.25) is 5.02 Å². The summed E-state index contributed by atoms with van der Waals surface area (Å²) in [5, 5.41) is -0.779. The number of hydrogen-bond donors (Lipinski definition) is 1. The molecule has 15 heteroatoms. The zero-order valence-corrected chi connectivity index (χ0v) is 33.9. The number of ether oxygens (including phenoxy) is 2. The number of nitrogens with one attached hydrogen (secondary N) is 1. The molecule has 1 saturated heterocycles. The van der Waals surface area contributed by atoms with Crippen LogP contribution in [0.25, 0.3) is 0 Å². The zero-order valence-electron chi connectivity index (χ0n) is 31.5. The van der Waals surface area contributed by atoms with E-state index in [1.807, 2.05) is 13.0 Å². The molecule has 11 nitrogen and oxygen atoms in total. The van der Waals surface area contributed by atoms with Gasteiger partial charge in [-0.25, -0.2) is 25.9 Å². The molecule has 2 fully saturated rings. The summed E-state index contributed by atoms with van der Waals surface area (Å²) in [6, 6.07) is 8.48. The maximum atomic E-state index is 15.7. The smallest absolute Gasteiger partial charge is 0.264 e. The summed E-state index contributed by atoms with van der Waals surface area (Å²) in [4.78, 5) is 18.1. The summed E-state index contributed by atoms with van der Waals surface area (Å²) in [5.74, 6) is -0.646. The molecule has 4 aliphatic heterocycles. The first-order valence-electron chi connectivity index (χ1n) is 19.1. The molecule has 1 saturated carbocycles. The third-order valence-corrected chi connectivity index (χ3v) is 16.4. The lowest BCUT2D eigenvalue weighted by molar-refractivity contribution is -0.107. The topological polar surface area (TPSA) is 126 Å². The molecule has 8 rings (SSSR count). The van der Waals surface area contributed by atoms with Crippen LogP contribution in [0.5, 0.6) is 5.75 Å². The molecule has 6 aliphatic rings. The van der Waals surface area contributed by atoms with E-state index >= 15 is 4.39 Å². The number of allylic oxidation sites excluding steroid dienone is 1. The largest absolute Gasteiger partial charge is 0.491 e. The number of nitrogens with zero attached hydrogens (tertiary/aromatic N) is 3. The molecule has 4 bridgehead atoms. The zero-order chi connectivity index (χ0) is 38.6. The van der Waals surface area contributed by atoms with Crippen LogP contribution >= 0.6 is 11.6 Å². The van der Waals surface area contributed by atoms with Gasteiger partial charge in [0.1, 0.15) is 17.2 Å². The van der Waals surface area contributed by atoms with E-state index in [-0.39, 0.29) is 34.3 Å². The van der Waals surface area contributed by atoms with Gasteiger partial charge in [-0.15, -0.1) is 0 Å². The number of piperazine rings is 1. The highest BCUT2D eigenvalue weighted by molar-refractivity contribution is 7.90. The van der Waals surface area contributed by atoms with Crippen LogP contribution in [0, 0.1) is 29.5 Å². The molecule has 0 radical (unpaired) electrons. The Morgan fingerprint density at radius 2 is 1.83 bits per heavy atom. The van der Waals surface area contributed by atoms with Crippen LogP contribution in [0.3, 0.4) is 0 Å². The molecule has 0 unspecified atom stereocenters. The molecule has 2 aromatic rings. The van der Waals surface area contributed by atoms with Crippen LogP contribution in [0.4, 0.5) is 10.1 Å². The Bertz CT molecular complexity index is 2020. The van der Waals surface area contributed by atoms with Crippen LogP contribution in [0.15, 0.2) is 42.0 Å². The highest BCUT2D eigenvalue weighted by Crippen LogP contribution is 2.53. The quantitative estimate of drug-likeness (QED) is 0.414. The Labute approximate surface area is 324 Å². The van der Waals surface area contributed by atoms with Crippen molar-refractivity contribution in [3.05, 3.63) is 69.5 Å². The average molecular weight is 807 g/mol. The summed E-state index contributed by atoms with van der Waals surface area (Å²) in [6.45, 7) is 7.34. The van der Waals surface area contributed by atoms with Gasteiger partial charge in [0.2, 0.25) is 20.0 Å². The minimum absolute atomic E-state index is 0.0306. The number of rotatable bonds is 4. The fourth-order valence-corrected chi connectivity index (χ4v) is 11.5. The Morgan fingerprint density at radius 3 is 2.50 bits per heavy atom. The summed E-state index contributed by atoms with van der Waals surface area (Å²) in [7, 11) is -5.61. The number of methoxy groups -OCH3 is 1. The summed E-state index contributed by atoms with van der Waals surface area (Å²) in [5.41, 5.74) is 2.62. The van der Waals surface area contributed by atoms with Gasteiger partial charge in [0.15, 0.2) is 0 Å². The molecule has 2 aliphatic carbocycles. The average Bonchev–Trinajstić information content (AvgIpc) is 3.12. The lowest BCUT2D eigenvalue weighted by Crippen LogP contribution is -2.61. The fraction of sp³-hybridized carbons (Fsp3) is 0.615. The molecular formula is C39H52ClFN4O7S2. The van der Waals surface area contributed by atoms with E-state index in [0.717, 1.165) is 24.0 Å². The minimum Gasteiger partial charge on any atom is -0.491 e. The van der Waals surface area contributed by atoms with E-state index in [9.17, 15) is 21.6 Å². The maximum Gasteiger partial charge on any atom is 0.264 e. The number of amides is 1. The molecule has 4 heterocycles. The fourth-order valence-electron chi connectivity index (χ4n) is 9.20. The second-order valence-electron chi connectivity index (χ2n) is 15.9. The molecular weight excluding hydrogens is 755 g/mol. The number of benzene rings is 2. The van der Waals surface area contributed by atoms with Gasteiger partial charge in [0, 0.05) is 58.5 Å². The van der Waals surface area contributed by atoms with Crippen molar-refractivity contribution in [3.8, 4) is 5.75 Å². The van der Waals surface area contributed by atoms with Crippen molar-refractivity contribution in [2.45, 2.75) is 69.8 Å². The molecule has 1 N–H and O–H groups in total. The summed E-state index contributed by atoms with van der Waals surface area (Å²) >= 11 is 6.30. The van der Waals surface area contributed by atoms with Crippen LogP contribution in [-0.4, -0.2) is 102 Å². The third kappa shape index (κ3) is 7.55. The highest BCUT2D eigenvalue weighted by atomic mass is 35.5. The molecule has 1 amide bonds. The van der Waals surface area contributed by atoms with E-state index in [4.69, 9.17) is 21.1 Å². The Morgan fingerprint density at radius 1 is 1.09 bits per heavy atom. The lowest BCUT2D eigenvalue weighted by Gasteiger charge is -2.56. The number of carbonyl (C=O) groups excluding carboxylic acids is 1. The van der Waals surface area contributed by atoms with Crippen molar-refractivity contribution in [1.29, 1.82) is 0 Å². The van der Waals surface area contributed by atoms with Crippen LogP contribution < -0.4 is 14.4 Å². The molecule has 296 valence electrons. The standard InChI is InChI=1S/C39H52ClFN4O7S2/c1-25-26(2)54(49,50)42-38(46)27-10-13-36-35(21-27)44(22-28-9-12-34(40)37(41)32(28)7-5-6-18-52-36)23-29-8-11-33(29)39(51-3,31-19-30(25)20-31)24-43-14-16-45(17-15-43)53(4,47)48/h9-10,12-13,19,21,25-26,29-30,33H,5-8,11,14-18,20,22-24H2,1-4H3,(H,42,46)/t25-,26-,29+,30+,33-,39+/m1/s1. The van der Waals surface area contributed by atoms with Gasteiger partial charge < -0.3 is 14.4 Å². The van der Waals surface area contributed by atoms with E-state index < -0.39 is 42.6 Å². The van der Waals surface area contributed by atoms with Crippen LogP contribution in [-0.2, 0) is 37.7 Å². The second kappa shape index (κ2) is 15.3. The number of hydrogen-bond acceptors (Lipinski definition) is 9. The SMILES string of the molecule is CO[C@@]1(CN2CCN(S(C)(=O)=O)CC2)C2=C[C@@H](C2)[C@H](C)[C@@H](C)S(=O)(=O)NC(=O)c2ccc3c(c2)N(Cc2ccc(Cl)c(F)c2CCCCO3)C[C@@H]2CC[C@H]21. The monoisotopic (exact) mass is 806 g/mol. The Hall–Kier alpha value is -2.75. The van der Waals surface area contributed by atoms with E-state index in [2.05, 4.69) is 20.6 Å². The summed E-state index contributed by atoms with van der Waals surface area (Å²) in [6.07, 6.45) is 7.79. The predicted octanol–water partition coefficient (Wildman–Crippen LogP) is 5.23. The van der Waals surface area contributed by atoms with E-state index in [1.165, 1.54) is 10.6 Å². The number of carbonyl (C=O) groups is 1. The first-order chi connectivity index (χ1) is 25.6. The van der Waals surface area contributed by atoms with Crippen molar-refractivity contribution in [3.63, 3.8) is 0 Å². The lowest BCUT2D eigenvalue weighted by atomic mass is 9.58. The molecule has 0 spiro atoms. The van der Waals surface area contributed by atoms with Gasteiger partial charge in [0.05, 0.1) is 28.8 Å². The van der Waals surface area contributed by atoms with Crippen molar-refractivity contribution in [1.82, 2.24) is 13.9 Å². The summed E-state index contributed by atoms with van der Waals surface area (Å²) < 4.78 is 84.7. The first kappa shape index (κ1) is 39.5. The minimum atomic E-state index is -4.06. The van der Waals surface area contributed by atoms with Crippen LogP contribution in [0.1, 0.15) is 67.4 Å². The number of fused-ring (bicyclic) bond motifs is 5. The second-order valence-corrected chi connectivity index (χ2v) is 20.4. The maximum absolute atomic E-state index is 15.7. The van der Waals surface area contributed by atoms with Gasteiger partial charge in [0.25, 0.3) is 5.91 Å². The Balaban J connectivity index is 1.33. The molecule has 54 heavy (non-hydrogen) atoms. The van der Waals surface area contributed by atoms with E-state index in [1.54, 1.807) is 38.3 Å². The number of anilines is 1.